The second kappa shape index (κ2) is 8.73. The summed E-state index contributed by atoms with van der Waals surface area (Å²) < 4.78 is 5.30. The number of nitrogens with zero attached hydrogens (tertiary/aromatic N) is 2. The van der Waals surface area contributed by atoms with E-state index >= 15 is 0 Å². The van der Waals surface area contributed by atoms with Gasteiger partial charge in [0, 0.05) is 5.69 Å². The SMILES string of the molecule is C[C@@H](NCC(=O)Nc1ccc(N=Nc2ccccc2)cc1)c1ccco1. The average Bonchev–Trinajstić information content (AvgIpc) is 3.21. The Kier molecular flexibility index (Phi) is 5.90. The molecule has 1 amide bonds. The number of azo groups is 1. The largest absolute Gasteiger partial charge is 0.468 e. The van der Waals surface area contributed by atoms with Crippen molar-refractivity contribution in [3.63, 3.8) is 0 Å². The van der Waals surface area contributed by atoms with E-state index < -0.39 is 0 Å². The van der Waals surface area contributed by atoms with E-state index in [1.165, 1.54) is 0 Å². The molecule has 0 radical (unpaired) electrons. The molecule has 0 saturated carbocycles. The van der Waals surface area contributed by atoms with E-state index in [0.717, 1.165) is 17.1 Å². The molecule has 2 aromatic carbocycles. The Morgan fingerprint density at radius 1 is 0.962 bits per heavy atom. The smallest absolute Gasteiger partial charge is 0.238 e. The van der Waals surface area contributed by atoms with Crippen LogP contribution in [0.3, 0.4) is 0 Å². The van der Waals surface area contributed by atoms with Crippen LogP contribution in [0.15, 0.2) is 87.6 Å². The molecule has 132 valence electrons. The van der Waals surface area contributed by atoms with E-state index in [1.54, 1.807) is 30.5 Å². The van der Waals surface area contributed by atoms with Gasteiger partial charge in [0.15, 0.2) is 0 Å². The van der Waals surface area contributed by atoms with Gasteiger partial charge in [-0.25, -0.2) is 0 Å². The maximum absolute atomic E-state index is 12.0. The van der Waals surface area contributed by atoms with Gasteiger partial charge in [0.2, 0.25) is 5.91 Å². The zero-order valence-electron chi connectivity index (χ0n) is 14.4. The summed E-state index contributed by atoms with van der Waals surface area (Å²) in [6.07, 6.45) is 1.62. The number of carbonyl (C=O) groups is 1. The zero-order chi connectivity index (χ0) is 18.2. The summed E-state index contributed by atoms with van der Waals surface area (Å²) in [4.78, 5) is 12.0. The van der Waals surface area contributed by atoms with Gasteiger partial charge in [-0.15, -0.1) is 0 Å². The van der Waals surface area contributed by atoms with Gasteiger partial charge in [0.25, 0.3) is 0 Å². The molecule has 0 spiro atoms. The lowest BCUT2D eigenvalue weighted by Gasteiger charge is -2.11. The molecule has 0 aliphatic carbocycles. The molecule has 0 aliphatic heterocycles. The summed E-state index contributed by atoms with van der Waals surface area (Å²) >= 11 is 0. The maximum atomic E-state index is 12.0. The Hall–Kier alpha value is -3.25. The van der Waals surface area contributed by atoms with Crippen molar-refractivity contribution in [2.75, 3.05) is 11.9 Å². The highest BCUT2D eigenvalue weighted by atomic mass is 16.3. The first-order valence-electron chi connectivity index (χ1n) is 8.34. The molecule has 3 rings (SSSR count). The van der Waals surface area contributed by atoms with Crippen LogP contribution in [0.25, 0.3) is 0 Å². The van der Waals surface area contributed by atoms with Crippen LogP contribution in [0.1, 0.15) is 18.7 Å². The second-order valence-corrected chi connectivity index (χ2v) is 5.75. The summed E-state index contributed by atoms with van der Waals surface area (Å²) in [5.74, 6) is 0.674. The molecule has 1 heterocycles. The second-order valence-electron chi connectivity index (χ2n) is 5.75. The fourth-order valence-corrected chi connectivity index (χ4v) is 2.31. The summed E-state index contributed by atoms with van der Waals surface area (Å²) in [5.41, 5.74) is 2.22. The normalized spacial score (nSPS) is 12.2. The zero-order valence-corrected chi connectivity index (χ0v) is 14.4. The highest BCUT2D eigenvalue weighted by molar-refractivity contribution is 5.92. The third-order valence-corrected chi connectivity index (χ3v) is 3.73. The average molecular weight is 348 g/mol. The molecule has 0 aliphatic rings. The Morgan fingerprint density at radius 2 is 1.65 bits per heavy atom. The first-order valence-corrected chi connectivity index (χ1v) is 8.34. The van der Waals surface area contributed by atoms with E-state index in [9.17, 15) is 4.79 Å². The standard InChI is InChI=1S/C20H20N4O2/c1-15(19-8-5-13-26-19)21-14-20(25)22-16-9-11-18(12-10-16)24-23-17-6-3-2-4-7-17/h2-13,15,21H,14H2,1H3,(H,22,25)/t15-/m1/s1. The molecule has 26 heavy (non-hydrogen) atoms. The Bertz CT molecular complexity index is 843. The van der Waals surface area contributed by atoms with Crippen LogP contribution in [0, 0.1) is 0 Å². The highest BCUT2D eigenvalue weighted by Crippen LogP contribution is 2.20. The molecule has 0 saturated heterocycles. The fraction of sp³-hybridized carbons (Fsp3) is 0.150. The molecule has 0 fully saturated rings. The topological polar surface area (TPSA) is 79.0 Å². The van der Waals surface area contributed by atoms with E-state index in [4.69, 9.17) is 4.42 Å². The molecular formula is C20H20N4O2. The van der Waals surface area contributed by atoms with Crippen molar-refractivity contribution in [1.82, 2.24) is 5.32 Å². The van der Waals surface area contributed by atoms with Crippen molar-refractivity contribution < 1.29 is 9.21 Å². The number of hydrogen-bond acceptors (Lipinski definition) is 5. The Balaban J connectivity index is 1.49. The minimum atomic E-state index is -0.123. The number of anilines is 1. The van der Waals surface area contributed by atoms with Crippen molar-refractivity contribution >= 4 is 23.0 Å². The van der Waals surface area contributed by atoms with Gasteiger partial charge in [0.05, 0.1) is 30.2 Å². The van der Waals surface area contributed by atoms with Gasteiger partial charge in [0.1, 0.15) is 5.76 Å². The summed E-state index contributed by atoms with van der Waals surface area (Å²) in [6, 6.07) is 20.4. The lowest BCUT2D eigenvalue weighted by molar-refractivity contribution is -0.115. The lowest BCUT2D eigenvalue weighted by atomic mass is 10.2. The first kappa shape index (κ1) is 17.6. The van der Waals surface area contributed by atoms with Gasteiger partial charge in [-0.2, -0.15) is 10.2 Å². The quantitative estimate of drug-likeness (QED) is 0.591. The van der Waals surface area contributed by atoms with Crippen LogP contribution in [-0.2, 0) is 4.79 Å². The van der Waals surface area contributed by atoms with Crippen LogP contribution >= 0.6 is 0 Å². The van der Waals surface area contributed by atoms with E-state index in [0.29, 0.717) is 5.69 Å². The predicted octanol–water partition coefficient (Wildman–Crippen LogP) is 4.98. The van der Waals surface area contributed by atoms with Gasteiger partial charge < -0.3 is 9.73 Å². The van der Waals surface area contributed by atoms with Gasteiger partial charge in [-0.3, -0.25) is 10.1 Å². The minimum Gasteiger partial charge on any atom is -0.468 e. The van der Waals surface area contributed by atoms with Crippen molar-refractivity contribution in [3.05, 3.63) is 78.8 Å². The van der Waals surface area contributed by atoms with E-state index in [2.05, 4.69) is 20.9 Å². The molecular weight excluding hydrogens is 328 g/mol. The number of furan rings is 1. The van der Waals surface area contributed by atoms with Crippen molar-refractivity contribution in [3.8, 4) is 0 Å². The minimum absolute atomic E-state index is 0.0310. The molecule has 3 aromatic rings. The van der Waals surface area contributed by atoms with Crippen LogP contribution in [0.4, 0.5) is 17.1 Å². The number of nitrogens with one attached hydrogen (secondary N) is 2. The molecule has 1 aromatic heterocycles. The Morgan fingerprint density at radius 3 is 2.31 bits per heavy atom. The highest BCUT2D eigenvalue weighted by Gasteiger charge is 2.09. The molecule has 0 bridgehead atoms. The summed E-state index contributed by atoms with van der Waals surface area (Å²) in [7, 11) is 0. The van der Waals surface area contributed by atoms with Crippen LogP contribution in [0.2, 0.25) is 0 Å². The van der Waals surface area contributed by atoms with E-state index in [-0.39, 0.29) is 18.5 Å². The first-order chi connectivity index (χ1) is 12.7. The summed E-state index contributed by atoms with van der Waals surface area (Å²) in [5, 5.41) is 14.3. The number of benzene rings is 2. The summed E-state index contributed by atoms with van der Waals surface area (Å²) in [6.45, 7) is 2.13. The predicted molar refractivity (Wildman–Crippen MR) is 101 cm³/mol. The van der Waals surface area contributed by atoms with Crippen molar-refractivity contribution in [1.29, 1.82) is 0 Å². The molecule has 1 atom stereocenters. The third-order valence-electron chi connectivity index (χ3n) is 3.73. The Labute approximate surface area is 152 Å². The van der Waals surface area contributed by atoms with Crippen LogP contribution < -0.4 is 10.6 Å². The number of carbonyl (C=O) groups excluding carboxylic acids is 1. The molecule has 2 N–H and O–H groups in total. The maximum Gasteiger partial charge on any atom is 0.238 e. The van der Waals surface area contributed by atoms with Gasteiger partial charge in [-0.1, -0.05) is 18.2 Å². The van der Waals surface area contributed by atoms with Crippen molar-refractivity contribution in [2.45, 2.75) is 13.0 Å². The fourth-order valence-electron chi connectivity index (χ4n) is 2.31. The monoisotopic (exact) mass is 348 g/mol. The van der Waals surface area contributed by atoms with Crippen LogP contribution in [0.5, 0.6) is 0 Å². The third kappa shape index (κ3) is 5.12. The van der Waals surface area contributed by atoms with E-state index in [1.807, 2.05) is 49.4 Å². The van der Waals surface area contributed by atoms with Gasteiger partial charge in [-0.05, 0) is 55.5 Å². The van der Waals surface area contributed by atoms with Gasteiger partial charge >= 0.3 is 0 Å². The number of amides is 1. The van der Waals surface area contributed by atoms with Crippen molar-refractivity contribution in [2.24, 2.45) is 10.2 Å². The molecule has 6 heteroatoms. The number of hydrogen-bond donors (Lipinski definition) is 2. The number of rotatable bonds is 7. The molecule has 0 unspecified atom stereocenters. The van der Waals surface area contributed by atoms with Crippen LogP contribution in [-0.4, -0.2) is 12.5 Å². The molecule has 6 nitrogen and oxygen atoms in total. The lowest BCUT2D eigenvalue weighted by Crippen LogP contribution is -2.29.